The van der Waals surface area contributed by atoms with Crippen molar-refractivity contribution in [2.45, 2.75) is 32.9 Å². The standard InChI is InChI=1S/C24H26BrNO/c1-2-3-17-27-24-22(25)15-10-16-23(24)26(18-20-11-6-4-7-12-20)19-21-13-8-5-9-14-21/h4-16H,2-3,17-19H2,1H3. The zero-order chi connectivity index (χ0) is 18.9. The molecule has 0 radical (unpaired) electrons. The zero-order valence-corrected chi connectivity index (χ0v) is 17.4. The van der Waals surface area contributed by atoms with E-state index >= 15 is 0 Å². The van der Waals surface area contributed by atoms with Crippen molar-refractivity contribution in [3.8, 4) is 5.75 Å². The van der Waals surface area contributed by atoms with Crippen LogP contribution in [0.15, 0.2) is 83.3 Å². The normalized spacial score (nSPS) is 10.6. The average Bonchev–Trinajstić information content (AvgIpc) is 2.70. The summed E-state index contributed by atoms with van der Waals surface area (Å²) in [6.45, 7) is 4.57. The summed E-state index contributed by atoms with van der Waals surface area (Å²) >= 11 is 3.69. The van der Waals surface area contributed by atoms with Crippen LogP contribution in [0.4, 0.5) is 5.69 Å². The molecule has 0 atom stereocenters. The van der Waals surface area contributed by atoms with Crippen LogP contribution in [0.5, 0.6) is 5.75 Å². The van der Waals surface area contributed by atoms with Crippen LogP contribution in [0.3, 0.4) is 0 Å². The van der Waals surface area contributed by atoms with Crippen LogP contribution in [0.1, 0.15) is 30.9 Å². The molecule has 0 aliphatic rings. The minimum absolute atomic E-state index is 0.733. The molecule has 0 aliphatic heterocycles. The van der Waals surface area contributed by atoms with E-state index in [4.69, 9.17) is 4.74 Å². The molecular weight excluding hydrogens is 398 g/mol. The molecule has 3 aromatic rings. The van der Waals surface area contributed by atoms with Gasteiger partial charge in [0, 0.05) is 13.1 Å². The maximum absolute atomic E-state index is 6.18. The van der Waals surface area contributed by atoms with Gasteiger partial charge in [-0.25, -0.2) is 0 Å². The molecule has 0 N–H and O–H groups in total. The summed E-state index contributed by atoms with van der Waals surface area (Å²) in [6.07, 6.45) is 2.18. The van der Waals surface area contributed by atoms with E-state index in [9.17, 15) is 0 Å². The fraction of sp³-hybridized carbons (Fsp3) is 0.250. The van der Waals surface area contributed by atoms with E-state index in [0.717, 1.165) is 48.4 Å². The number of nitrogens with zero attached hydrogens (tertiary/aromatic N) is 1. The van der Waals surface area contributed by atoms with Gasteiger partial charge in [-0.15, -0.1) is 0 Å². The molecular formula is C24H26BrNO. The Balaban J connectivity index is 1.93. The lowest BCUT2D eigenvalue weighted by Crippen LogP contribution is -2.23. The maximum atomic E-state index is 6.18. The lowest BCUT2D eigenvalue weighted by Gasteiger charge is -2.28. The van der Waals surface area contributed by atoms with Crippen molar-refractivity contribution >= 4 is 21.6 Å². The van der Waals surface area contributed by atoms with E-state index < -0.39 is 0 Å². The van der Waals surface area contributed by atoms with E-state index in [2.05, 4.69) is 101 Å². The van der Waals surface area contributed by atoms with E-state index in [1.54, 1.807) is 0 Å². The molecule has 2 nitrogen and oxygen atoms in total. The predicted molar refractivity (Wildman–Crippen MR) is 117 cm³/mol. The second kappa shape index (κ2) is 10.2. The summed E-state index contributed by atoms with van der Waals surface area (Å²) in [5.74, 6) is 0.929. The van der Waals surface area contributed by atoms with Crippen molar-refractivity contribution in [2.24, 2.45) is 0 Å². The van der Waals surface area contributed by atoms with Crippen molar-refractivity contribution in [3.63, 3.8) is 0 Å². The number of halogens is 1. The summed E-state index contributed by atoms with van der Waals surface area (Å²) < 4.78 is 7.18. The van der Waals surface area contributed by atoms with Crippen LogP contribution in [-0.4, -0.2) is 6.61 Å². The van der Waals surface area contributed by atoms with Crippen LogP contribution < -0.4 is 9.64 Å². The first-order chi connectivity index (χ1) is 13.3. The highest BCUT2D eigenvalue weighted by Crippen LogP contribution is 2.37. The molecule has 0 saturated heterocycles. The Morgan fingerprint density at radius 3 is 1.93 bits per heavy atom. The molecule has 3 rings (SSSR count). The van der Waals surface area contributed by atoms with E-state index in [0.29, 0.717) is 0 Å². The molecule has 0 unspecified atom stereocenters. The van der Waals surface area contributed by atoms with Gasteiger partial charge in [0.25, 0.3) is 0 Å². The third-order valence-corrected chi connectivity index (χ3v) is 5.09. The Kier molecular flexibility index (Phi) is 7.35. The monoisotopic (exact) mass is 423 g/mol. The fourth-order valence-electron chi connectivity index (χ4n) is 3.04. The molecule has 0 fully saturated rings. The summed E-state index contributed by atoms with van der Waals surface area (Å²) in [4.78, 5) is 2.39. The summed E-state index contributed by atoms with van der Waals surface area (Å²) in [5, 5.41) is 0. The summed E-state index contributed by atoms with van der Waals surface area (Å²) in [7, 11) is 0. The number of ether oxygens (including phenoxy) is 1. The molecule has 3 heteroatoms. The van der Waals surface area contributed by atoms with Crippen molar-refractivity contribution in [1.82, 2.24) is 0 Å². The van der Waals surface area contributed by atoms with Crippen molar-refractivity contribution < 1.29 is 4.74 Å². The summed E-state index contributed by atoms with van der Waals surface area (Å²) in [6, 6.07) is 27.5. The number of hydrogen-bond acceptors (Lipinski definition) is 2. The summed E-state index contributed by atoms with van der Waals surface area (Å²) in [5.41, 5.74) is 3.69. The second-order valence-electron chi connectivity index (χ2n) is 6.62. The third-order valence-electron chi connectivity index (χ3n) is 4.46. The highest BCUT2D eigenvalue weighted by Gasteiger charge is 2.16. The Morgan fingerprint density at radius 2 is 1.37 bits per heavy atom. The van der Waals surface area contributed by atoms with E-state index in [-0.39, 0.29) is 0 Å². The zero-order valence-electron chi connectivity index (χ0n) is 15.8. The van der Waals surface area contributed by atoms with Crippen LogP contribution in [-0.2, 0) is 13.1 Å². The lowest BCUT2D eigenvalue weighted by molar-refractivity contribution is 0.307. The largest absolute Gasteiger partial charge is 0.490 e. The first-order valence-corrected chi connectivity index (χ1v) is 10.3. The van der Waals surface area contributed by atoms with Gasteiger partial charge in [-0.1, -0.05) is 80.1 Å². The van der Waals surface area contributed by atoms with Gasteiger partial charge in [-0.2, -0.15) is 0 Å². The van der Waals surface area contributed by atoms with Gasteiger partial charge in [0.1, 0.15) is 0 Å². The van der Waals surface area contributed by atoms with Gasteiger partial charge < -0.3 is 9.64 Å². The smallest absolute Gasteiger partial charge is 0.156 e. The molecule has 0 aliphatic carbocycles. The van der Waals surface area contributed by atoms with Gasteiger partial charge >= 0.3 is 0 Å². The molecule has 0 saturated carbocycles. The molecule has 27 heavy (non-hydrogen) atoms. The molecule has 0 amide bonds. The van der Waals surface area contributed by atoms with Crippen LogP contribution >= 0.6 is 15.9 Å². The van der Waals surface area contributed by atoms with Crippen LogP contribution in [0, 0.1) is 0 Å². The van der Waals surface area contributed by atoms with E-state index in [1.807, 2.05) is 6.07 Å². The Bertz CT molecular complexity index is 779. The van der Waals surface area contributed by atoms with Crippen molar-refractivity contribution in [3.05, 3.63) is 94.5 Å². The number of rotatable bonds is 9. The van der Waals surface area contributed by atoms with Crippen molar-refractivity contribution in [2.75, 3.05) is 11.5 Å². The maximum Gasteiger partial charge on any atom is 0.156 e. The molecule has 0 bridgehead atoms. The first kappa shape index (κ1) is 19.5. The Labute approximate surface area is 170 Å². The van der Waals surface area contributed by atoms with Gasteiger partial charge in [0.05, 0.1) is 16.8 Å². The molecule has 0 spiro atoms. The minimum Gasteiger partial charge on any atom is -0.490 e. The average molecular weight is 424 g/mol. The molecule has 0 heterocycles. The lowest BCUT2D eigenvalue weighted by atomic mass is 10.1. The molecule has 0 aromatic heterocycles. The second-order valence-corrected chi connectivity index (χ2v) is 7.47. The third kappa shape index (κ3) is 5.61. The minimum atomic E-state index is 0.733. The topological polar surface area (TPSA) is 12.5 Å². The quantitative estimate of drug-likeness (QED) is 0.349. The Hall–Kier alpha value is -2.26. The number of hydrogen-bond donors (Lipinski definition) is 0. The Morgan fingerprint density at radius 1 is 0.778 bits per heavy atom. The van der Waals surface area contributed by atoms with Gasteiger partial charge in [-0.3, -0.25) is 0 Å². The van der Waals surface area contributed by atoms with Crippen LogP contribution in [0.2, 0.25) is 0 Å². The van der Waals surface area contributed by atoms with E-state index in [1.165, 1.54) is 11.1 Å². The number of benzene rings is 3. The van der Waals surface area contributed by atoms with Gasteiger partial charge in [0.2, 0.25) is 0 Å². The van der Waals surface area contributed by atoms with Gasteiger partial charge in [0.15, 0.2) is 5.75 Å². The van der Waals surface area contributed by atoms with Crippen molar-refractivity contribution in [1.29, 1.82) is 0 Å². The fourth-order valence-corrected chi connectivity index (χ4v) is 3.51. The highest BCUT2D eigenvalue weighted by atomic mass is 79.9. The van der Waals surface area contributed by atoms with Gasteiger partial charge in [-0.05, 0) is 45.6 Å². The number of anilines is 1. The highest BCUT2D eigenvalue weighted by molar-refractivity contribution is 9.10. The predicted octanol–water partition coefficient (Wildman–Crippen LogP) is 6.83. The SMILES string of the molecule is CCCCOc1c(Br)cccc1N(Cc1ccccc1)Cc1ccccc1. The first-order valence-electron chi connectivity index (χ1n) is 9.52. The molecule has 3 aromatic carbocycles. The molecule has 140 valence electrons. The van der Waals surface area contributed by atoms with Crippen LogP contribution in [0.25, 0.3) is 0 Å². The number of unbranched alkanes of at least 4 members (excludes halogenated alkanes) is 1. The number of para-hydroxylation sites is 1.